The van der Waals surface area contributed by atoms with Crippen LogP contribution in [0.3, 0.4) is 0 Å². The Morgan fingerprint density at radius 1 is 1.20 bits per heavy atom. The van der Waals surface area contributed by atoms with Gasteiger partial charge in [0.2, 0.25) is 5.91 Å². The molecule has 1 fully saturated rings. The van der Waals surface area contributed by atoms with Crippen LogP contribution in [0.4, 0.5) is 16.2 Å². The van der Waals surface area contributed by atoms with E-state index in [9.17, 15) is 9.59 Å². The average Bonchev–Trinajstić information content (AvgIpc) is 3.27. The van der Waals surface area contributed by atoms with Crippen molar-refractivity contribution in [2.45, 2.75) is 51.7 Å². The lowest BCUT2D eigenvalue weighted by atomic mass is 9.88. The van der Waals surface area contributed by atoms with Crippen LogP contribution in [0.15, 0.2) is 42.7 Å². The molecule has 1 aromatic heterocycles. The molecule has 162 valence electrons. The first kappa shape index (κ1) is 21.8. The molecule has 1 heterocycles. The Morgan fingerprint density at radius 2 is 1.97 bits per heavy atom. The summed E-state index contributed by atoms with van der Waals surface area (Å²) in [6, 6.07) is 8.07. The van der Waals surface area contributed by atoms with Crippen molar-refractivity contribution in [2.24, 2.45) is 5.92 Å². The molecule has 2 aromatic rings. The van der Waals surface area contributed by atoms with Crippen molar-refractivity contribution >= 4 is 23.3 Å². The van der Waals surface area contributed by atoms with E-state index in [0.717, 1.165) is 6.42 Å². The van der Waals surface area contributed by atoms with Gasteiger partial charge in [-0.05, 0) is 49.9 Å². The number of hydrogen-bond donors (Lipinski definition) is 3. The van der Waals surface area contributed by atoms with Crippen LogP contribution in [0.1, 0.15) is 45.6 Å². The third-order valence-electron chi connectivity index (χ3n) is 5.44. The number of nitrogens with zero attached hydrogens (tertiary/aromatic N) is 2. The van der Waals surface area contributed by atoms with E-state index in [0.29, 0.717) is 36.5 Å². The second-order valence-electron chi connectivity index (χ2n) is 7.78. The SMILES string of the molecule is CC1CCCCC1OCCNC(=O)Nc1cccc(NC(=O)C(C)n2cccn2)c1. The highest BCUT2D eigenvalue weighted by atomic mass is 16.5. The number of aromatic nitrogens is 2. The second kappa shape index (κ2) is 10.8. The molecule has 3 rings (SSSR count). The molecule has 0 spiro atoms. The summed E-state index contributed by atoms with van der Waals surface area (Å²) in [5.41, 5.74) is 1.20. The molecule has 0 aliphatic heterocycles. The van der Waals surface area contributed by atoms with Crippen molar-refractivity contribution in [2.75, 3.05) is 23.8 Å². The van der Waals surface area contributed by atoms with Crippen LogP contribution >= 0.6 is 0 Å². The first-order valence-electron chi connectivity index (χ1n) is 10.6. The molecule has 3 amide bonds. The van der Waals surface area contributed by atoms with E-state index in [4.69, 9.17) is 4.74 Å². The molecule has 0 bridgehead atoms. The number of anilines is 2. The first-order valence-corrected chi connectivity index (χ1v) is 10.6. The second-order valence-corrected chi connectivity index (χ2v) is 7.78. The molecule has 3 N–H and O–H groups in total. The van der Waals surface area contributed by atoms with E-state index in [1.54, 1.807) is 54.3 Å². The van der Waals surface area contributed by atoms with Gasteiger partial charge in [-0.15, -0.1) is 0 Å². The largest absolute Gasteiger partial charge is 0.376 e. The minimum Gasteiger partial charge on any atom is -0.376 e. The Morgan fingerprint density at radius 3 is 2.70 bits per heavy atom. The van der Waals surface area contributed by atoms with Gasteiger partial charge >= 0.3 is 6.03 Å². The predicted octanol–water partition coefficient (Wildman–Crippen LogP) is 3.80. The summed E-state index contributed by atoms with van der Waals surface area (Å²) in [4.78, 5) is 24.5. The number of benzene rings is 1. The number of rotatable bonds is 8. The molecule has 30 heavy (non-hydrogen) atoms. The Hall–Kier alpha value is -2.87. The number of nitrogens with one attached hydrogen (secondary N) is 3. The quantitative estimate of drug-likeness (QED) is 0.574. The van der Waals surface area contributed by atoms with E-state index in [-0.39, 0.29) is 11.9 Å². The van der Waals surface area contributed by atoms with Crippen LogP contribution in [0.5, 0.6) is 0 Å². The van der Waals surface area contributed by atoms with Gasteiger partial charge in [0.1, 0.15) is 6.04 Å². The minimum absolute atomic E-state index is 0.186. The molecular formula is C22H31N5O3. The maximum atomic E-state index is 12.4. The average molecular weight is 414 g/mol. The number of hydrogen-bond acceptors (Lipinski definition) is 4. The summed E-state index contributed by atoms with van der Waals surface area (Å²) in [5.74, 6) is 0.399. The van der Waals surface area contributed by atoms with Crippen molar-refractivity contribution < 1.29 is 14.3 Å². The van der Waals surface area contributed by atoms with Gasteiger partial charge in [-0.25, -0.2) is 4.79 Å². The van der Waals surface area contributed by atoms with E-state index < -0.39 is 6.04 Å². The highest BCUT2D eigenvalue weighted by Crippen LogP contribution is 2.26. The molecule has 1 aromatic carbocycles. The van der Waals surface area contributed by atoms with Crippen molar-refractivity contribution in [1.29, 1.82) is 0 Å². The summed E-state index contributed by atoms with van der Waals surface area (Å²) < 4.78 is 7.50. The standard InChI is InChI=1S/C22H31N5O3/c1-16-7-3-4-10-20(16)30-14-12-23-22(29)26-19-9-5-8-18(15-19)25-21(28)17(2)27-13-6-11-24-27/h5-6,8-9,11,13,15-17,20H,3-4,7,10,12,14H2,1-2H3,(H,25,28)(H2,23,26,29). The fourth-order valence-electron chi connectivity index (χ4n) is 3.63. The summed E-state index contributed by atoms with van der Waals surface area (Å²) in [6.07, 6.45) is 8.49. The summed E-state index contributed by atoms with van der Waals surface area (Å²) in [6.45, 7) is 4.95. The molecule has 0 saturated heterocycles. The summed E-state index contributed by atoms with van der Waals surface area (Å²) in [5, 5.41) is 12.5. The van der Waals surface area contributed by atoms with Gasteiger partial charge in [0.15, 0.2) is 0 Å². The zero-order valence-electron chi connectivity index (χ0n) is 17.6. The Bertz CT molecular complexity index is 824. The van der Waals surface area contributed by atoms with Crippen LogP contribution in [0, 0.1) is 5.92 Å². The lowest BCUT2D eigenvalue weighted by molar-refractivity contribution is -0.119. The zero-order chi connectivity index (χ0) is 21.3. The molecular weight excluding hydrogens is 382 g/mol. The zero-order valence-corrected chi connectivity index (χ0v) is 17.6. The van der Waals surface area contributed by atoms with Crippen LogP contribution in [-0.2, 0) is 9.53 Å². The van der Waals surface area contributed by atoms with E-state index >= 15 is 0 Å². The fraction of sp³-hybridized carbons (Fsp3) is 0.500. The van der Waals surface area contributed by atoms with Gasteiger partial charge in [-0.1, -0.05) is 25.8 Å². The normalized spacial score (nSPS) is 19.7. The van der Waals surface area contributed by atoms with Crippen molar-refractivity contribution in [3.8, 4) is 0 Å². The monoisotopic (exact) mass is 413 g/mol. The Balaban J connectivity index is 1.41. The van der Waals surface area contributed by atoms with Crippen LogP contribution in [-0.4, -0.2) is 41.0 Å². The molecule has 3 unspecified atom stereocenters. The lowest BCUT2D eigenvalue weighted by Gasteiger charge is -2.28. The molecule has 1 aliphatic carbocycles. The van der Waals surface area contributed by atoms with Crippen molar-refractivity contribution in [3.63, 3.8) is 0 Å². The lowest BCUT2D eigenvalue weighted by Crippen LogP contribution is -2.34. The van der Waals surface area contributed by atoms with Gasteiger partial charge < -0.3 is 20.7 Å². The molecule has 1 saturated carbocycles. The first-order chi connectivity index (χ1) is 14.5. The predicted molar refractivity (Wildman–Crippen MR) is 116 cm³/mol. The number of carbonyl (C=O) groups is 2. The van der Waals surface area contributed by atoms with Gasteiger partial charge in [0.05, 0.1) is 12.7 Å². The number of urea groups is 1. The maximum Gasteiger partial charge on any atom is 0.319 e. The number of ether oxygens (including phenoxy) is 1. The highest BCUT2D eigenvalue weighted by Gasteiger charge is 2.21. The van der Waals surface area contributed by atoms with E-state index in [1.165, 1.54) is 19.3 Å². The van der Waals surface area contributed by atoms with Crippen LogP contribution < -0.4 is 16.0 Å². The molecule has 1 aliphatic rings. The van der Waals surface area contributed by atoms with Gasteiger partial charge in [-0.3, -0.25) is 9.48 Å². The summed E-state index contributed by atoms with van der Waals surface area (Å²) in [7, 11) is 0. The van der Waals surface area contributed by atoms with Gasteiger partial charge in [0.25, 0.3) is 0 Å². The maximum absolute atomic E-state index is 12.4. The van der Waals surface area contributed by atoms with E-state index in [2.05, 4.69) is 28.0 Å². The molecule has 8 nitrogen and oxygen atoms in total. The summed E-state index contributed by atoms with van der Waals surface area (Å²) >= 11 is 0. The third-order valence-corrected chi connectivity index (χ3v) is 5.44. The van der Waals surface area contributed by atoms with Gasteiger partial charge in [-0.2, -0.15) is 5.10 Å². The third kappa shape index (κ3) is 6.32. The van der Waals surface area contributed by atoms with Crippen LogP contribution in [0.2, 0.25) is 0 Å². The van der Waals surface area contributed by atoms with Crippen molar-refractivity contribution in [3.05, 3.63) is 42.7 Å². The minimum atomic E-state index is -0.438. The molecule has 8 heteroatoms. The Kier molecular flexibility index (Phi) is 7.84. The van der Waals surface area contributed by atoms with E-state index in [1.807, 2.05) is 0 Å². The fourth-order valence-corrected chi connectivity index (χ4v) is 3.63. The molecule has 3 atom stereocenters. The van der Waals surface area contributed by atoms with Crippen molar-refractivity contribution in [1.82, 2.24) is 15.1 Å². The van der Waals surface area contributed by atoms with Gasteiger partial charge in [0, 0.05) is 30.3 Å². The van der Waals surface area contributed by atoms with Crippen LogP contribution in [0.25, 0.3) is 0 Å². The molecule has 0 radical (unpaired) electrons. The number of amides is 3. The highest BCUT2D eigenvalue weighted by molar-refractivity contribution is 5.95. The topological polar surface area (TPSA) is 97.3 Å². The number of carbonyl (C=O) groups excluding carboxylic acids is 2. The smallest absolute Gasteiger partial charge is 0.319 e. The Labute approximate surface area is 177 Å².